The van der Waals surface area contributed by atoms with Crippen molar-refractivity contribution in [3.05, 3.63) is 24.0 Å². The van der Waals surface area contributed by atoms with Crippen molar-refractivity contribution < 1.29 is 9.53 Å². The number of carbonyl (C=O) groups excluding carboxylic acids is 1. The number of ether oxygens (including phenoxy) is 1. The molecule has 0 bridgehead atoms. The lowest BCUT2D eigenvalue weighted by molar-refractivity contribution is 0.248. The van der Waals surface area contributed by atoms with Crippen molar-refractivity contribution in [1.82, 2.24) is 25.5 Å². The highest BCUT2D eigenvalue weighted by molar-refractivity contribution is 5.90. The molecule has 2 rings (SSSR count). The lowest BCUT2D eigenvalue weighted by atomic mass is 10.1. The molecule has 0 saturated carbocycles. The van der Waals surface area contributed by atoms with Crippen molar-refractivity contribution in [3.63, 3.8) is 0 Å². The summed E-state index contributed by atoms with van der Waals surface area (Å²) in [5, 5.41) is 17.3. The molecule has 0 saturated heterocycles. The molecule has 2 amide bonds. The summed E-state index contributed by atoms with van der Waals surface area (Å²) in [7, 11) is 1.58. The van der Waals surface area contributed by atoms with Crippen molar-refractivity contribution in [2.24, 2.45) is 0 Å². The lowest BCUT2D eigenvalue weighted by Gasteiger charge is -2.16. The average Bonchev–Trinajstić information content (AvgIpc) is 3.04. The van der Waals surface area contributed by atoms with Crippen LogP contribution in [0.3, 0.4) is 0 Å². The molecule has 2 aromatic rings. The first-order valence-electron chi connectivity index (χ1n) is 9.06. The number of hydrogen-bond acceptors (Lipinski definition) is 5. The number of anilines is 1. The number of benzene rings is 1. The van der Waals surface area contributed by atoms with E-state index >= 15 is 0 Å². The number of methoxy groups -OCH3 is 1. The molecule has 1 aromatic heterocycles. The molecule has 1 aromatic carbocycles. The van der Waals surface area contributed by atoms with Crippen LogP contribution in [0.25, 0.3) is 5.69 Å². The summed E-state index contributed by atoms with van der Waals surface area (Å²) in [5.41, 5.74) is 1.31. The topological polar surface area (TPSA) is 94.0 Å². The van der Waals surface area contributed by atoms with Crippen LogP contribution in [0.2, 0.25) is 0 Å². The second-order valence-corrected chi connectivity index (χ2v) is 6.37. The van der Waals surface area contributed by atoms with Crippen LogP contribution in [0.1, 0.15) is 51.8 Å². The van der Waals surface area contributed by atoms with Gasteiger partial charge in [-0.3, -0.25) is 0 Å². The van der Waals surface area contributed by atoms with Gasteiger partial charge in [-0.2, -0.15) is 4.68 Å². The van der Waals surface area contributed by atoms with Crippen LogP contribution in [0.4, 0.5) is 10.5 Å². The number of nitrogens with one attached hydrogen (secondary N) is 2. The third-order valence-corrected chi connectivity index (χ3v) is 4.16. The van der Waals surface area contributed by atoms with Crippen molar-refractivity contribution in [1.29, 1.82) is 0 Å². The fourth-order valence-electron chi connectivity index (χ4n) is 2.73. The first kappa shape index (κ1) is 19.7. The maximum Gasteiger partial charge on any atom is 0.319 e. The van der Waals surface area contributed by atoms with Gasteiger partial charge in [0.25, 0.3) is 0 Å². The van der Waals surface area contributed by atoms with Gasteiger partial charge in [-0.25, -0.2) is 4.79 Å². The van der Waals surface area contributed by atoms with Gasteiger partial charge < -0.3 is 15.4 Å². The normalized spacial score (nSPS) is 11.8. The summed E-state index contributed by atoms with van der Waals surface area (Å²) in [6.07, 6.45) is 5.76. The van der Waals surface area contributed by atoms with E-state index in [1.165, 1.54) is 19.3 Å². The van der Waals surface area contributed by atoms with E-state index in [1.54, 1.807) is 36.9 Å². The smallest absolute Gasteiger partial charge is 0.319 e. The summed E-state index contributed by atoms with van der Waals surface area (Å²) in [5.74, 6) is 1.25. The molecule has 0 radical (unpaired) electrons. The summed E-state index contributed by atoms with van der Waals surface area (Å²) < 4.78 is 6.94. The quantitative estimate of drug-likeness (QED) is 0.668. The Bertz CT molecular complexity index is 715. The molecular formula is C18H28N6O2. The zero-order valence-electron chi connectivity index (χ0n) is 16.0. The molecule has 0 aliphatic heterocycles. The van der Waals surface area contributed by atoms with E-state index in [0.29, 0.717) is 22.9 Å². The Labute approximate surface area is 154 Å². The second kappa shape index (κ2) is 9.74. The Morgan fingerprint density at radius 2 is 2.12 bits per heavy atom. The summed E-state index contributed by atoms with van der Waals surface area (Å²) in [4.78, 5) is 12.2. The molecule has 8 heteroatoms. The van der Waals surface area contributed by atoms with Crippen LogP contribution >= 0.6 is 0 Å². The SMILES string of the molecule is CCCCCCC(C)NC(=O)Nc1ccc(OC)c(-n2nnnc2C)c1. The van der Waals surface area contributed by atoms with Crippen molar-refractivity contribution in [3.8, 4) is 11.4 Å². The van der Waals surface area contributed by atoms with Gasteiger partial charge in [-0.1, -0.05) is 32.6 Å². The molecule has 26 heavy (non-hydrogen) atoms. The zero-order chi connectivity index (χ0) is 18.9. The standard InChI is InChI=1S/C18H28N6O2/c1-5-6-7-8-9-13(2)19-18(25)20-15-10-11-17(26-4)16(12-15)24-14(3)21-22-23-24/h10-13H,5-9H2,1-4H3,(H2,19,20,25). The molecule has 1 heterocycles. The largest absolute Gasteiger partial charge is 0.494 e. The van der Waals surface area contributed by atoms with E-state index in [9.17, 15) is 4.79 Å². The van der Waals surface area contributed by atoms with Gasteiger partial charge in [0.2, 0.25) is 0 Å². The van der Waals surface area contributed by atoms with Crippen LogP contribution in [0.5, 0.6) is 5.75 Å². The van der Waals surface area contributed by atoms with E-state index in [1.807, 2.05) is 6.92 Å². The monoisotopic (exact) mass is 360 g/mol. The first-order chi connectivity index (χ1) is 12.5. The molecule has 1 atom stereocenters. The number of hydrogen-bond donors (Lipinski definition) is 2. The molecule has 0 spiro atoms. The van der Waals surface area contributed by atoms with E-state index in [-0.39, 0.29) is 12.1 Å². The minimum absolute atomic E-state index is 0.131. The highest BCUT2D eigenvalue weighted by atomic mass is 16.5. The molecular weight excluding hydrogens is 332 g/mol. The van der Waals surface area contributed by atoms with E-state index in [0.717, 1.165) is 12.8 Å². The number of aryl methyl sites for hydroxylation is 1. The molecule has 0 fully saturated rings. The average molecular weight is 360 g/mol. The molecule has 0 aliphatic rings. The van der Waals surface area contributed by atoms with Gasteiger partial charge in [-0.05, 0) is 48.9 Å². The Balaban J connectivity index is 1.99. The molecule has 142 valence electrons. The number of tetrazole rings is 1. The van der Waals surface area contributed by atoms with Crippen molar-refractivity contribution in [2.75, 3.05) is 12.4 Å². The second-order valence-electron chi connectivity index (χ2n) is 6.37. The van der Waals surface area contributed by atoms with Gasteiger partial charge >= 0.3 is 6.03 Å². The van der Waals surface area contributed by atoms with E-state index in [2.05, 4.69) is 33.1 Å². The van der Waals surface area contributed by atoms with Gasteiger partial charge in [0.1, 0.15) is 11.4 Å². The first-order valence-corrected chi connectivity index (χ1v) is 9.06. The van der Waals surface area contributed by atoms with Gasteiger partial charge in [-0.15, -0.1) is 5.10 Å². The lowest BCUT2D eigenvalue weighted by Crippen LogP contribution is -2.36. The Morgan fingerprint density at radius 1 is 1.31 bits per heavy atom. The van der Waals surface area contributed by atoms with Crippen LogP contribution in [-0.2, 0) is 0 Å². The van der Waals surface area contributed by atoms with Crippen LogP contribution in [-0.4, -0.2) is 39.4 Å². The summed E-state index contributed by atoms with van der Waals surface area (Å²) >= 11 is 0. The molecule has 2 N–H and O–H groups in total. The maximum atomic E-state index is 12.2. The number of aromatic nitrogens is 4. The molecule has 1 unspecified atom stereocenters. The number of nitrogens with zero attached hydrogens (tertiary/aromatic N) is 4. The highest BCUT2D eigenvalue weighted by Gasteiger charge is 2.13. The predicted molar refractivity (Wildman–Crippen MR) is 101 cm³/mol. The van der Waals surface area contributed by atoms with Crippen LogP contribution in [0, 0.1) is 6.92 Å². The van der Waals surface area contributed by atoms with E-state index in [4.69, 9.17) is 4.74 Å². The minimum atomic E-state index is -0.224. The number of amides is 2. The Kier molecular flexibility index (Phi) is 7.37. The third-order valence-electron chi connectivity index (χ3n) is 4.16. The molecule has 0 aliphatic carbocycles. The Hall–Kier alpha value is -2.64. The summed E-state index contributed by atoms with van der Waals surface area (Å²) in [6.45, 7) is 6.01. The highest BCUT2D eigenvalue weighted by Crippen LogP contribution is 2.26. The fraction of sp³-hybridized carbons (Fsp3) is 0.556. The number of urea groups is 1. The summed E-state index contributed by atoms with van der Waals surface area (Å²) in [6, 6.07) is 5.26. The molecule has 8 nitrogen and oxygen atoms in total. The van der Waals surface area contributed by atoms with Crippen LogP contribution in [0.15, 0.2) is 18.2 Å². The van der Waals surface area contributed by atoms with Gasteiger partial charge in [0.15, 0.2) is 5.82 Å². The zero-order valence-corrected chi connectivity index (χ0v) is 16.0. The van der Waals surface area contributed by atoms with Crippen molar-refractivity contribution in [2.45, 2.75) is 58.9 Å². The van der Waals surface area contributed by atoms with Crippen LogP contribution < -0.4 is 15.4 Å². The maximum absolute atomic E-state index is 12.2. The number of rotatable bonds is 9. The third kappa shape index (κ3) is 5.44. The Morgan fingerprint density at radius 3 is 2.77 bits per heavy atom. The minimum Gasteiger partial charge on any atom is -0.494 e. The van der Waals surface area contributed by atoms with Crippen molar-refractivity contribution >= 4 is 11.7 Å². The fourth-order valence-corrected chi connectivity index (χ4v) is 2.73. The van der Waals surface area contributed by atoms with Gasteiger partial charge in [0.05, 0.1) is 7.11 Å². The predicted octanol–water partition coefficient (Wildman–Crippen LogP) is 3.46. The van der Waals surface area contributed by atoms with Gasteiger partial charge in [0, 0.05) is 11.7 Å². The number of unbranched alkanes of at least 4 members (excludes halogenated alkanes) is 3. The number of carbonyl (C=O) groups is 1. The van der Waals surface area contributed by atoms with E-state index < -0.39 is 0 Å².